The summed E-state index contributed by atoms with van der Waals surface area (Å²) in [5.74, 6) is -0.777. The molecular weight excluding hydrogens is 656 g/mol. The van der Waals surface area contributed by atoms with E-state index < -0.39 is 22.8 Å². The molecule has 3 heterocycles. The highest BCUT2D eigenvalue weighted by atomic mass is 19.1. The summed E-state index contributed by atoms with van der Waals surface area (Å²) in [4.78, 5) is 28.9. The molecule has 3 aromatic carbocycles. The van der Waals surface area contributed by atoms with Crippen molar-refractivity contribution < 1.29 is 32.5 Å². The van der Waals surface area contributed by atoms with E-state index in [9.17, 15) is 4.79 Å². The van der Waals surface area contributed by atoms with E-state index in [0.29, 0.717) is 42.2 Å². The number of benzene rings is 3. The third kappa shape index (κ3) is 6.87. The molecule has 2 bridgehead atoms. The molecule has 7 rings (SSSR count). The third-order valence-corrected chi connectivity index (χ3v) is 10.2. The van der Waals surface area contributed by atoms with Crippen molar-refractivity contribution in [3.05, 3.63) is 54.1 Å². The molecule has 272 valence electrons. The Morgan fingerprint density at radius 1 is 1.04 bits per heavy atom. The minimum atomic E-state index is -0.816. The largest absolute Gasteiger partial charge is 0.468 e. The number of ether oxygens (including phenoxy) is 4. The Balaban J connectivity index is 1.34. The summed E-state index contributed by atoms with van der Waals surface area (Å²) in [5.41, 5.74) is -1.17. The summed E-state index contributed by atoms with van der Waals surface area (Å²) in [7, 11) is 5.57. The molecule has 12 heteroatoms. The van der Waals surface area contributed by atoms with Crippen LogP contribution in [-0.2, 0) is 9.47 Å². The minimum absolute atomic E-state index is 0.0197. The average molecular weight is 704 g/mol. The van der Waals surface area contributed by atoms with Crippen molar-refractivity contribution in [3.63, 3.8) is 0 Å². The maximum Gasteiger partial charge on any atom is 0.411 e. The van der Waals surface area contributed by atoms with Crippen molar-refractivity contribution >= 4 is 33.6 Å². The number of carbonyl (C=O) groups excluding carboxylic acids is 1. The first-order chi connectivity index (χ1) is 24.2. The number of carbonyl (C=O) groups is 1. The number of fused-ring (bicyclic) bond motifs is 4. The van der Waals surface area contributed by atoms with Crippen LogP contribution in [0.15, 0.2) is 42.5 Å². The van der Waals surface area contributed by atoms with Crippen LogP contribution in [-0.4, -0.2) is 97.3 Å². The second-order valence-corrected chi connectivity index (χ2v) is 16.0. The van der Waals surface area contributed by atoms with E-state index in [1.807, 2.05) is 81.9 Å². The third-order valence-electron chi connectivity index (χ3n) is 10.2. The number of amides is 1. The molecule has 1 aliphatic carbocycles. The summed E-state index contributed by atoms with van der Waals surface area (Å²) >= 11 is 0. The molecule has 4 aromatic rings. The normalized spacial score (nSPS) is 21.1. The van der Waals surface area contributed by atoms with Gasteiger partial charge in [0.25, 0.3) is 0 Å². The monoisotopic (exact) mass is 703 g/mol. The van der Waals surface area contributed by atoms with Crippen molar-refractivity contribution in [2.45, 2.75) is 70.6 Å². The van der Waals surface area contributed by atoms with Crippen LogP contribution >= 0.6 is 0 Å². The van der Waals surface area contributed by atoms with Crippen LogP contribution < -0.4 is 14.4 Å². The molecule has 51 heavy (non-hydrogen) atoms. The molecule has 2 aliphatic heterocycles. The van der Waals surface area contributed by atoms with E-state index in [1.54, 1.807) is 6.07 Å². The van der Waals surface area contributed by atoms with Gasteiger partial charge in [-0.25, -0.2) is 13.6 Å². The molecule has 0 radical (unpaired) electrons. The highest BCUT2D eigenvalue weighted by Crippen LogP contribution is 2.47. The molecule has 3 fully saturated rings. The number of anilines is 1. The Kier molecular flexibility index (Phi) is 8.98. The molecule has 2 atom stereocenters. The maximum absolute atomic E-state index is 17.1. The van der Waals surface area contributed by atoms with Crippen LogP contribution in [0.2, 0.25) is 0 Å². The lowest BCUT2D eigenvalue weighted by Gasteiger charge is -2.47. The Bertz CT molecular complexity index is 1980. The van der Waals surface area contributed by atoms with E-state index in [2.05, 4.69) is 9.88 Å². The van der Waals surface area contributed by atoms with Crippen molar-refractivity contribution in [2.24, 2.45) is 5.41 Å². The lowest BCUT2D eigenvalue weighted by atomic mass is 9.95. The second kappa shape index (κ2) is 13.0. The summed E-state index contributed by atoms with van der Waals surface area (Å²) < 4.78 is 56.6. The Morgan fingerprint density at radius 2 is 1.80 bits per heavy atom. The first-order valence-electron chi connectivity index (χ1n) is 17.6. The zero-order valence-electron chi connectivity index (χ0n) is 30.5. The summed E-state index contributed by atoms with van der Waals surface area (Å²) in [6.07, 6.45) is 3.19. The number of aromatic nitrogens is 2. The zero-order chi connectivity index (χ0) is 36.3. The van der Waals surface area contributed by atoms with Gasteiger partial charge in [-0.2, -0.15) is 9.97 Å². The molecule has 1 aromatic heterocycles. The topological polar surface area (TPSA) is 89.5 Å². The van der Waals surface area contributed by atoms with Gasteiger partial charge in [0.15, 0.2) is 12.6 Å². The van der Waals surface area contributed by atoms with E-state index in [0.717, 1.165) is 37.6 Å². The number of rotatable bonds is 10. The average Bonchev–Trinajstić information content (AvgIpc) is 3.78. The predicted octanol–water partition coefficient (Wildman–Crippen LogP) is 7.41. The van der Waals surface area contributed by atoms with Gasteiger partial charge in [-0.3, -0.25) is 4.90 Å². The number of hydrogen-bond donors (Lipinski definition) is 0. The van der Waals surface area contributed by atoms with E-state index in [4.69, 9.17) is 23.9 Å². The SMILES string of the molecule is COCOc1cc(-c2c(F)cc3c(N4C[C@H]5CC[C@@](C)(C4)N5C(=O)OC(C)(C)C)nc(OCC4(CN(C)C)CC4)nc3c2F)c2ccccc2c1. The lowest BCUT2D eigenvalue weighted by molar-refractivity contribution is -0.00281. The van der Waals surface area contributed by atoms with Crippen molar-refractivity contribution in [3.8, 4) is 22.9 Å². The van der Waals surface area contributed by atoms with Crippen LogP contribution in [0, 0.1) is 17.0 Å². The standard InChI is InChI=1S/C39H47F2N5O5/c1-37(2,3)51-36(47)46-25-12-13-38(46,4)20-45(19-25)34-29-18-30(40)31(28-17-26(50-23-48-7)16-24-10-8-9-11-27(24)28)32(41)33(29)42-35(43-34)49-22-39(14-15-39)21-44(5)6/h8-11,16-18,25H,12-15,19-23H2,1-7H3/t25-,38+/m1/s1. The number of hydrogen-bond acceptors (Lipinski definition) is 9. The Morgan fingerprint density at radius 3 is 2.49 bits per heavy atom. The molecule has 0 spiro atoms. The van der Waals surface area contributed by atoms with E-state index in [-0.39, 0.29) is 46.8 Å². The van der Waals surface area contributed by atoms with Crippen molar-refractivity contribution in [1.82, 2.24) is 19.8 Å². The molecule has 0 unspecified atom stereocenters. The van der Waals surface area contributed by atoms with Crippen molar-refractivity contribution in [2.75, 3.05) is 59.1 Å². The fraction of sp³-hybridized carbons (Fsp3) is 0.513. The molecule has 3 aliphatic rings. The zero-order valence-corrected chi connectivity index (χ0v) is 30.5. The second-order valence-electron chi connectivity index (χ2n) is 16.0. The predicted molar refractivity (Wildman–Crippen MR) is 192 cm³/mol. The van der Waals surface area contributed by atoms with Gasteiger partial charge < -0.3 is 28.7 Å². The fourth-order valence-electron chi connectivity index (χ4n) is 7.89. The summed E-state index contributed by atoms with van der Waals surface area (Å²) in [6.45, 7) is 9.61. The smallest absolute Gasteiger partial charge is 0.411 e. The highest BCUT2D eigenvalue weighted by Gasteiger charge is 2.52. The lowest BCUT2D eigenvalue weighted by Crippen LogP contribution is -2.63. The minimum Gasteiger partial charge on any atom is -0.468 e. The van der Waals surface area contributed by atoms with Gasteiger partial charge in [0.2, 0.25) is 0 Å². The van der Waals surface area contributed by atoms with Gasteiger partial charge in [-0.1, -0.05) is 24.3 Å². The van der Waals surface area contributed by atoms with E-state index >= 15 is 8.78 Å². The quantitative estimate of drug-likeness (QED) is 0.157. The van der Waals surface area contributed by atoms with Gasteiger partial charge >= 0.3 is 12.1 Å². The van der Waals surface area contributed by atoms with Crippen LogP contribution in [0.25, 0.3) is 32.8 Å². The Hall–Kier alpha value is -4.29. The number of nitrogens with zero attached hydrogens (tertiary/aromatic N) is 5. The number of methoxy groups -OCH3 is 1. The van der Waals surface area contributed by atoms with Gasteiger partial charge in [0, 0.05) is 37.5 Å². The van der Waals surface area contributed by atoms with Crippen LogP contribution in [0.3, 0.4) is 0 Å². The fourth-order valence-corrected chi connectivity index (χ4v) is 7.89. The first kappa shape index (κ1) is 35.1. The van der Waals surface area contributed by atoms with Crippen LogP contribution in [0.1, 0.15) is 53.4 Å². The van der Waals surface area contributed by atoms with E-state index in [1.165, 1.54) is 13.2 Å². The molecule has 0 N–H and O–H groups in total. The van der Waals surface area contributed by atoms with Gasteiger partial charge in [0.1, 0.15) is 28.5 Å². The maximum atomic E-state index is 17.1. The molecule has 1 amide bonds. The van der Waals surface area contributed by atoms with Crippen molar-refractivity contribution in [1.29, 1.82) is 0 Å². The first-order valence-corrected chi connectivity index (χ1v) is 17.6. The molecular formula is C39H47F2N5O5. The summed E-state index contributed by atoms with van der Waals surface area (Å²) in [5, 5.41) is 1.65. The van der Waals surface area contributed by atoms with Gasteiger partial charge in [0.05, 0.1) is 23.8 Å². The number of piperazine rings is 1. The molecule has 10 nitrogen and oxygen atoms in total. The van der Waals surface area contributed by atoms with Gasteiger partial charge in [-0.15, -0.1) is 0 Å². The van der Waals surface area contributed by atoms with Crippen LogP contribution in [0.5, 0.6) is 11.8 Å². The molecule has 1 saturated carbocycles. The Labute approximate surface area is 297 Å². The van der Waals surface area contributed by atoms with Gasteiger partial charge in [-0.05, 0) is 102 Å². The van der Waals surface area contributed by atoms with Crippen LogP contribution in [0.4, 0.5) is 19.4 Å². The highest BCUT2D eigenvalue weighted by molar-refractivity contribution is 6.01. The number of halogens is 2. The molecule has 2 saturated heterocycles. The summed E-state index contributed by atoms with van der Waals surface area (Å²) in [6, 6.07) is 12.0.